The summed E-state index contributed by atoms with van der Waals surface area (Å²) in [5.41, 5.74) is 3.15. The predicted octanol–water partition coefficient (Wildman–Crippen LogP) is 2.08. The zero-order chi connectivity index (χ0) is 24.0. The second kappa shape index (κ2) is 8.65. The van der Waals surface area contributed by atoms with E-state index in [1.165, 1.54) is 0 Å². The molecule has 10 heteroatoms. The minimum absolute atomic E-state index is 0.0878. The van der Waals surface area contributed by atoms with Crippen molar-refractivity contribution in [3.8, 4) is 17.7 Å². The molecule has 0 bridgehead atoms. The monoisotopic (exact) mass is 463 g/mol. The van der Waals surface area contributed by atoms with Gasteiger partial charge in [0.25, 0.3) is 11.4 Å². The lowest BCUT2D eigenvalue weighted by molar-refractivity contribution is 0.115. The number of rotatable bonds is 4. The zero-order valence-electron chi connectivity index (χ0n) is 19.9. The van der Waals surface area contributed by atoms with Gasteiger partial charge in [-0.3, -0.25) is 14.4 Å². The van der Waals surface area contributed by atoms with Crippen LogP contribution in [-0.4, -0.2) is 62.6 Å². The molecule has 3 aromatic rings. The Hall–Kier alpha value is -3.58. The summed E-state index contributed by atoms with van der Waals surface area (Å²) in [5, 5.41) is 13.7. The highest BCUT2D eigenvalue weighted by Crippen LogP contribution is 2.34. The largest absolute Gasteiger partial charge is 0.484 e. The smallest absolute Gasteiger partial charge is 0.257 e. The lowest BCUT2D eigenvalue weighted by Crippen LogP contribution is -2.57. The van der Waals surface area contributed by atoms with Crippen molar-refractivity contribution in [3.63, 3.8) is 0 Å². The third-order valence-electron chi connectivity index (χ3n) is 6.87. The van der Waals surface area contributed by atoms with E-state index in [2.05, 4.69) is 41.7 Å². The molecule has 2 aliphatic heterocycles. The van der Waals surface area contributed by atoms with Crippen molar-refractivity contribution in [1.82, 2.24) is 24.2 Å². The van der Waals surface area contributed by atoms with E-state index < -0.39 is 0 Å². The molecule has 0 aliphatic carbocycles. The van der Waals surface area contributed by atoms with E-state index in [0.717, 1.165) is 35.5 Å². The first-order chi connectivity index (χ1) is 16.4. The van der Waals surface area contributed by atoms with Crippen molar-refractivity contribution in [1.29, 1.82) is 5.26 Å². The fourth-order valence-corrected chi connectivity index (χ4v) is 4.99. The van der Waals surface area contributed by atoms with Gasteiger partial charge < -0.3 is 18.9 Å². The van der Waals surface area contributed by atoms with Crippen molar-refractivity contribution in [2.75, 3.05) is 31.2 Å². The number of anilines is 1. The summed E-state index contributed by atoms with van der Waals surface area (Å²) in [6.07, 6.45) is 1.77. The third kappa shape index (κ3) is 3.76. The molecule has 10 nitrogen and oxygen atoms in total. The SMILES string of the molecule is CC(c1ccc2c(n1)OCCO2)N1C[C@H](C)N(c2cc(=O)n(C)c3cn(CC#N)nc23)C[C@H]1C. The fourth-order valence-electron chi connectivity index (χ4n) is 4.99. The number of hydrogen-bond acceptors (Lipinski definition) is 8. The Morgan fingerprint density at radius 2 is 2.00 bits per heavy atom. The number of nitrogens with zero attached hydrogens (tertiary/aromatic N) is 7. The molecule has 1 unspecified atom stereocenters. The zero-order valence-corrected chi connectivity index (χ0v) is 19.9. The average Bonchev–Trinajstić information content (AvgIpc) is 3.26. The van der Waals surface area contributed by atoms with E-state index in [9.17, 15) is 4.79 Å². The van der Waals surface area contributed by atoms with Crippen LogP contribution in [0.3, 0.4) is 0 Å². The van der Waals surface area contributed by atoms with Gasteiger partial charge in [0.1, 0.15) is 25.3 Å². The van der Waals surface area contributed by atoms with Crippen molar-refractivity contribution in [2.24, 2.45) is 7.05 Å². The van der Waals surface area contributed by atoms with Gasteiger partial charge in [-0.1, -0.05) is 0 Å². The van der Waals surface area contributed by atoms with Crippen LogP contribution in [0.25, 0.3) is 11.0 Å². The molecule has 5 heterocycles. The Morgan fingerprint density at radius 1 is 1.21 bits per heavy atom. The van der Waals surface area contributed by atoms with Gasteiger partial charge in [-0.25, -0.2) is 4.98 Å². The predicted molar refractivity (Wildman–Crippen MR) is 127 cm³/mol. The highest BCUT2D eigenvalue weighted by molar-refractivity contribution is 5.88. The van der Waals surface area contributed by atoms with Crippen molar-refractivity contribution >= 4 is 16.7 Å². The van der Waals surface area contributed by atoms with Crippen LogP contribution in [0.5, 0.6) is 11.6 Å². The molecule has 0 radical (unpaired) electrons. The van der Waals surface area contributed by atoms with Gasteiger partial charge in [0, 0.05) is 44.3 Å². The maximum Gasteiger partial charge on any atom is 0.257 e. The average molecular weight is 464 g/mol. The molecule has 0 saturated carbocycles. The second-order valence-corrected chi connectivity index (χ2v) is 9.10. The van der Waals surface area contributed by atoms with Crippen LogP contribution in [0, 0.1) is 11.3 Å². The van der Waals surface area contributed by atoms with Crippen LogP contribution < -0.4 is 19.9 Å². The molecule has 1 saturated heterocycles. The molecule has 3 atom stereocenters. The third-order valence-corrected chi connectivity index (χ3v) is 6.87. The Kier molecular flexibility index (Phi) is 5.65. The highest BCUT2D eigenvalue weighted by atomic mass is 16.6. The molecule has 1 fully saturated rings. The molecule has 2 aliphatic rings. The number of fused-ring (bicyclic) bond motifs is 2. The lowest BCUT2D eigenvalue weighted by Gasteiger charge is -2.47. The van der Waals surface area contributed by atoms with E-state index in [0.29, 0.717) is 24.8 Å². The molecule has 178 valence electrons. The number of ether oxygens (including phenoxy) is 2. The van der Waals surface area contributed by atoms with Gasteiger partial charge >= 0.3 is 0 Å². The first-order valence-corrected chi connectivity index (χ1v) is 11.6. The van der Waals surface area contributed by atoms with Crippen LogP contribution in [0.2, 0.25) is 0 Å². The summed E-state index contributed by atoms with van der Waals surface area (Å²) < 4.78 is 14.5. The number of pyridine rings is 2. The van der Waals surface area contributed by atoms with Gasteiger partial charge in [0.15, 0.2) is 5.75 Å². The molecular formula is C24H29N7O3. The number of nitriles is 1. The van der Waals surface area contributed by atoms with Gasteiger partial charge in [0.2, 0.25) is 0 Å². The Labute approximate surface area is 197 Å². The molecule has 0 spiro atoms. The topological polar surface area (TPSA) is 101 Å². The van der Waals surface area contributed by atoms with Crippen molar-refractivity contribution in [3.05, 3.63) is 40.4 Å². The number of piperazine rings is 1. The first-order valence-electron chi connectivity index (χ1n) is 11.6. The summed E-state index contributed by atoms with van der Waals surface area (Å²) in [5.74, 6) is 1.25. The van der Waals surface area contributed by atoms with E-state index in [1.54, 1.807) is 28.6 Å². The number of aryl methyl sites for hydroxylation is 1. The van der Waals surface area contributed by atoms with E-state index >= 15 is 0 Å². The van der Waals surface area contributed by atoms with Crippen LogP contribution >= 0.6 is 0 Å². The van der Waals surface area contributed by atoms with E-state index in [4.69, 9.17) is 19.7 Å². The molecular weight excluding hydrogens is 434 g/mol. The fraction of sp³-hybridized carbons (Fsp3) is 0.500. The molecule has 5 rings (SSSR count). The van der Waals surface area contributed by atoms with E-state index in [-0.39, 0.29) is 30.2 Å². The summed E-state index contributed by atoms with van der Waals surface area (Å²) in [6.45, 7) is 9.26. The quantitative estimate of drug-likeness (QED) is 0.580. The summed E-state index contributed by atoms with van der Waals surface area (Å²) >= 11 is 0. The number of hydrogen-bond donors (Lipinski definition) is 0. The summed E-state index contributed by atoms with van der Waals surface area (Å²) in [7, 11) is 1.73. The molecule has 0 amide bonds. The maximum atomic E-state index is 12.7. The van der Waals surface area contributed by atoms with Crippen LogP contribution in [0.15, 0.2) is 29.2 Å². The van der Waals surface area contributed by atoms with Gasteiger partial charge in [-0.2, -0.15) is 10.4 Å². The van der Waals surface area contributed by atoms with Crippen molar-refractivity contribution in [2.45, 2.75) is 45.4 Å². The standard InChI is InChI=1S/C24H29N7O3/c1-15-13-31(19-11-22(32)28(4)20-14-29(8-7-25)27-23(19)20)16(2)12-30(15)17(3)18-5-6-21-24(26-18)34-10-9-33-21/h5-6,11,14-17H,8-10,12-13H2,1-4H3/t15-,16+,17?/m1/s1. The molecule has 3 aromatic heterocycles. The molecule has 0 N–H and O–H groups in total. The Bertz CT molecular complexity index is 1320. The second-order valence-electron chi connectivity index (χ2n) is 9.10. The van der Waals surface area contributed by atoms with Crippen LogP contribution in [-0.2, 0) is 13.6 Å². The molecule has 0 aromatic carbocycles. The Morgan fingerprint density at radius 3 is 2.79 bits per heavy atom. The normalized spacial score (nSPS) is 21.4. The van der Waals surface area contributed by atoms with Gasteiger partial charge in [-0.15, -0.1) is 0 Å². The minimum atomic E-state index is -0.0878. The summed E-state index contributed by atoms with van der Waals surface area (Å²) in [4.78, 5) is 22.1. The van der Waals surface area contributed by atoms with Gasteiger partial charge in [-0.05, 0) is 32.9 Å². The summed E-state index contributed by atoms with van der Waals surface area (Å²) in [6, 6.07) is 8.17. The first kappa shape index (κ1) is 22.2. The van der Waals surface area contributed by atoms with Crippen LogP contribution in [0.4, 0.5) is 5.69 Å². The Balaban J connectivity index is 1.43. The lowest BCUT2D eigenvalue weighted by atomic mass is 10.0. The molecule has 34 heavy (non-hydrogen) atoms. The van der Waals surface area contributed by atoms with Gasteiger partial charge in [0.05, 0.1) is 29.2 Å². The van der Waals surface area contributed by atoms with E-state index in [1.807, 2.05) is 12.1 Å². The maximum absolute atomic E-state index is 12.7. The minimum Gasteiger partial charge on any atom is -0.484 e. The van der Waals surface area contributed by atoms with Crippen molar-refractivity contribution < 1.29 is 9.47 Å². The highest BCUT2D eigenvalue weighted by Gasteiger charge is 2.34. The van der Waals surface area contributed by atoms with Crippen LogP contribution in [0.1, 0.15) is 32.5 Å². The number of aromatic nitrogens is 4.